The van der Waals surface area contributed by atoms with Crippen molar-refractivity contribution >= 4 is 39.9 Å². The third-order valence-electron chi connectivity index (χ3n) is 7.01. The third kappa shape index (κ3) is 5.60. The van der Waals surface area contributed by atoms with E-state index in [1.165, 1.54) is 4.90 Å². The summed E-state index contributed by atoms with van der Waals surface area (Å²) in [5, 5.41) is 11.8. The van der Waals surface area contributed by atoms with Crippen molar-refractivity contribution in [2.45, 2.75) is 46.3 Å². The minimum absolute atomic E-state index is 0.0153. The molecule has 0 bridgehead atoms. The molecule has 224 valence electrons. The fourth-order valence-corrected chi connectivity index (χ4v) is 6.16. The fraction of sp³-hybridized carbons (Fsp3) is 0.312. The minimum atomic E-state index is -1.09. The maximum atomic E-state index is 13.7. The Hall–Kier alpha value is -4.64. The molecule has 2 aliphatic heterocycles. The van der Waals surface area contributed by atoms with Gasteiger partial charge in [-0.05, 0) is 69.2 Å². The molecule has 0 aliphatic carbocycles. The Kier molecular flexibility index (Phi) is 8.54. The Morgan fingerprint density at radius 1 is 1.16 bits per heavy atom. The van der Waals surface area contributed by atoms with E-state index < -0.39 is 23.7 Å². The van der Waals surface area contributed by atoms with Crippen molar-refractivity contribution in [1.82, 2.24) is 4.98 Å². The van der Waals surface area contributed by atoms with Gasteiger partial charge >= 0.3 is 11.9 Å². The normalized spacial score (nSPS) is 18.7. The van der Waals surface area contributed by atoms with E-state index in [1.807, 2.05) is 13.8 Å². The van der Waals surface area contributed by atoms with Gasteiger partial charge in [-0.25, -0.2) is 9.78 Å². The molecule has 3 aromatic rings. The number of Topliss-reactive ketones (excluding diaryl/α,β-unsaturated/α-hetero) is 1. The Bertz CT molecular complexity index is 1640. The van der Waals surface area contributed by atoms with Crippen molar-refractivity contribution in [3.63, 3.8) is 0 Å². The molecule has 3 heterocycles. The molecule has 2 aromatic carbocycles. The summed E-state index contributed by atoms with van der Waals surface area (Å²) in [5.41, 5.74) is 1.97. The molecule has 43 heavy (non-hydrogen) atoms. The third-order valence-corrected chi connectivity index (χ3v) is 8.14. The van der Waals surface area contributed by atoms with Crippen molar-refractivity contribution in [2.75, 3.05) is 24.7 Å². The Morgan fingerprint density at radius 2 is 1.95 bits per heavy atom. The standard InChI is InChI=1S/C32H32N2O8S/c1-6-13-41-23-12-9-19(16-24(23)39-7-2)26-25(27(35)20-10-11-22-21(15-20)14-17(4)42-22)28(36)30(37)34(26)32-33-18(5)29(43-32)31(38)40-8-3/h6,9-12,15-17,26,35H,1,7-8,13-14H2,2-5H3. The monoisotopic (exact) mass is 604 g/mol. The lowest BCUT2D eigenvalue weighted by Crippen LogP contribution is -2.29. The number of esters is 1. The SMILES string of the molecule is C=CCOc1ccc(C2C(=C(O)c3ccc4c(c3)CC(C)O4)C(=O)C(=O)N2c2nc(C)c(C(=O)OCC)s2)cc1OCC. The van der Waals surface area contributed by atoms with Gasteiger partial charge in [0.2, 0.25) is 0 Å². The molecular weight excluding hydrogens is 572 g/mol. The molecule has 0 spiro atoms. The van der Waals surface area contributed by atoms with E-state index in [0.717, 1.165) is 16.9 Å². The van der Waals surface area contributed by atoms with Crippen LogP contribution in [-0.2, 0) is 20.7 Å². The van der Waals surface area contributed by atoms with Crippen molar-refractivity contribution < 1.29 is 38.4 Å². The zero-order chi connectivity index (χ0) is 30.8. The summed E-state index contributed by atoms with van der Waals surface area (Å²) in [6.45, 7) is 11.5. The van der Waals surface area contributed by atoms with Crippen molar-refractivity contribution in [3.05, 3.63) is 81.9 Å². The first-order valence-corrected chi connectivity index (χ1v) is 14.8. The van der Waals surface area contributed by atoms with Gasteiger partial charge in [0.25, 0.3) is 5.78 Å². The second-order valence-electron chi connectivity index (χ2n) is 9.99. The van der Waals surface area contributed by atoms with Gasteiger partial charge in [0.15, 0.2) is 16.6 Å². The lowest BCUT2D eigenvalue weighted by Gasteiger charge is -2.24. The first-order valence-electron chi connectivity index (χ1n) is 13.9. The van der Waals surface area contributed by atoms with E-state index in [-0.39, 0.29) is 40.7 Å². The number of ketones is 1. The number of aliphatic hydroxyl groups excluding tert-OH is 1. The molecule has 1 saturated heterocycles. The Balaban J connectivity index is 1.69. The van der Waals surface area contributed by atoms with Gasteiger partial charge in [0.1, 0.15) is 29.1 Å². The highest BCUT2D eigenvalue weighted by Crippen LogP contribution is 2.46. The average Bonchev–Trinajstić information content (AvgIpc) is 3.63. The van der Waals surface area contributed by atoms with Crippen LogP contribution < -0.4 is 19.1 Å². The Labute approximate surface area is 253 Å². The number of hydrogen-bond donors (Lipinski definition) is 1. The zero-order valence-corrected chi connectivity index (χ0v) is 25.2. The van der Waals surface area contributed by atoms with Crippen LogP contribution in [0.5, 0.6) is 17.2 Å². The van der Waals surface area contributed by atoms with Crippen LogP contribution >= 0.6 is 11.3 Å². The number of aromatic nitrogens is 1. The second kappa shape index (κ2) is 12.3. The molecular formula is C32H32N2O8S. The van der Waals surface area contributed by atoms with Gasteiger partial charge in [-0.1, -0.05) is 30.1 Å². The predicted molar refractivity (Wildman–Crippen MR) is 161 cm³/mol. The molecule has 1 fully saturated rings. The summed E-state index contributed by atoms with van der Waals surface area (Å²) >= 11 is 0.943. The van der Waals surface area contributed by atoms with E-state index >= 15 is 0 Å². The van der Waals surface area contributed by atoms with Crippen LogP contribution in [0.15, 0.2) is 54.6 Å². The maximum Gasteiger partial charge on any atom is 0.350 e. The molecule has 2 unspecified atom stereocenters. The summed E-state index contributed by atoms with van der Waals surface area (Å²) in [7, 11) is 0. The van der Waals surface area contributed by atoms with Crippen LogP contribution in [0.1, 0.15) is 58.9 Å². The highest BCUT2D eigenvalue weighted by Gasteiger charge is 2.49. The molecule has 1 N–H and O–H groups in total. The van der Waals surface area contributed by atoms with Crippen molar-refractivity contribution in [2.24, 2.45) is 0 Å². The van der Waals surface area contributed by atoms with Crippen LogP contribution in [-0.4, -0.2) is 53.7 Å². The van der Waals surface area contributed by atoms with Crippen LogP contribution in [0.2, 0.25) is 0 Å². The number of carbonyl (C=O) groups is 3. The van der Waals surface area contributed by atoms with Crippen molar-refractivity contribution in [1.29, 1.82) is 0 Å². The molecule has 10 nitrogen and oxygen atoms in total. The predicted octanol–water partition coefficient (Wildman–Crippen LogP) is 5.54. The summed E-state index contributed by atoms with van der Waals surface area (Å²) < 4.78 is 22.5. The number of thiazole rings is 1. The van der Waals surface area contributed by atoms with Crippen molar-refractivity contribution in [3.8, 4) is 17.2 Å². The summed E-state index contributed by atoms with van der Waals surface area (Å²) in [6.07, 6.45) is 2.23. The Morgan fingerprint density at radius 3 is 2.67 bits per heavy atom. The molecule has 11 heteroatoms. The summed E-state index contributed by atoms with van der Waals surface area (Å²) in [4.78, 5) is 45.9. The number of hydrogen-bond acceptors (Lipinski definition) is 10. The molecule has 0 saturated carbocycles. The first kappa shape index (κ1) is 29.8. The second-order valence-corrected chi connectivity index (χ2v) is 11.0. The van der Waals surface area contributed by atoms with Gasteiger partial charge in [-0.2, -0.15) is 0 Å². The highest BCUT2D eigenvalue weighted by atomic mass is 32.1. The summed E-state index contributed by atoms with van der Waals surface area (Å²) in [5.74, 6) is -1.14. The van der Waals surface area contributed by atoms with Gasteiger partial charge in [-0.3, -0.25) is 14.5 Å². The number of fused-ring (bicyclic) bond motifs is 1. The van der Waals surface area contributed by atoms with E-state index in [1.54, 1.807) is 56.3 Å². The lowest BCUT2D eigenvalue weighted by molar-refractivity contribution is -0.132. The first-order chi connectivity index (χ1) is 20.7. The van der Waals surface area contributed by atoms with Gasteiger partial charge < -0.3 is 24.1 Å². The molecule has 1 amide bonds. The largest absolute Gasteiger partial charge is 0.507 e. The molecule has 2 aliphatic rings. The number of nitrogens with zero attached hydrogens (tertiary/aromatic N) is 2. The molecule has 2 atom stereocenters. The molecule has 0 radical (unpaired) electrons. The van der Waals surface area contributed by atoms with Crippen LogP contribution in [0.25, 0.3) is 5.76 Å². The summed E-state index contributed by atoms with van der Waals surface area (Å²) in [6, 6.07) is 9.12. The van der Waals surface area contributed by atoms with Crippen LogP contribution in [0.4, 0.5) is 5.13 Å². The topological polar surface area (TPSA) is 124 Å². The highest BCUT2D eigenvalue weighted by molar-refractivity contribution is 7.17. The number of anilines is 1. The lowest BCUT2D eigenvalue weighted by atomic mass is 9.94. The quantitative estimate of drug-likeness (QED) is 0.104. The van der Waals surface area contributed by atoms with Gasteiger partial charge in [0.05, 0.1) is 30.5 Å². The fourth-order valence-electron chi connectivity index (χ4n) is 5.17. The number of benzene rings is 2. The average molecular weight is 605 g/mol. The van der Waals surface area contributed by atoms with Gasteiger partial charge in [0, 0.05) is 12.0 Å². The van der Waals surface area contributed by atoms with E-state index in [4.69, 9.17) is 18.9 Å². The number of carbonyl (C=O) groups excluding carboxylic acids is 3. The van der Waals surface area contributed by atoms with Crippen LogP contribution in [0.3, 0.4) is 0 Å². The zero-order valence-electron chi connectivity index (χ0n) is 24.3. The van der Waals surface area contributed by atoms with E-state index in [9.17, 15) is 19.5 Å². The van der Waals surface area contributed by atoms with E-state index in [0.29, 0.717) is 47.1 Å². The minimum Gasteiger partial charge on any atom is -0.507 e. The van der Waals surface area contributed by atoms with Crippen LogP contribution in [0, 0.1) is 6.92 Å². The number of aliphatic hydroxyl groups is 1. The van der Waals surface area contributed by atoms with E-state index in [2.05, 4.69) is 11.6 Å². The molecule has 1 aromatic heterocycles. The molecule has 5 rings (SSSR count). The number of rotatable bonds is 10. The number of amides is 1. The smallest absolute Gasteiger partial charge is 0.350 e. The maximum absolute atomic E-state index is 13.7. The number of ether oxygens (including phenoxy) is 4. The number of aryl methyl sites for hydroxylation is 1. The van der Waals surface area contributed by atoms with Gasteiger partial charge in [-0.15, -0.1) is 0 Å².